The van der Waals surface area contributed by atoms with Crippen LogP contribution in [0.5, 0.6) is 17.2 Å². The number of carbonyl (C=O) groups is 3. The smallest absolute Gasteiger partial charge is 0.329 e. The van der Waals surface area contributed by atoms with Crippen molar-refractivity contribution in [3.63, 3.8) is 0 Å². The number of ether oxygens (including phenoxy) is 3. The highest BCUT2D eigenvalue weighted by Gasteiger charge is 2.35. The molecule has 0 aromatic heterocycles. The predicted molar refractivity (Wildman–Crippen MR) is 156 cm³/mol. The first-order chi connectivity index (χ1) is 19.2. The first kappa shape index (κ1) is 29.3. The molecule has 1 aliphatic heterocycles. The first-order valence-corrected chi connectivity index (χ1v) is 13.6. The summed E-state index contributed by atoms with van der Waals surface area (Å²) in [5.41, 5.74) is 1.71. The summed E-state index contributed by atoms with van der Waals surface area (Å²) in [6.45, 7) is 1.88. The number of rotatable bonds is 10. The van der Waals surface area contributed by atoms with Crippen LogP contribution in [-0.4, -0.2) is 43.0 Å². The second-order valence-corrected chi connectivity index (χ2v) is 10.1. The molecule has 0 bridgehead atoms. The molecular formula is C28H24BrCl2N3O6. The van der Waals surface area contributed by atoms with Crippen molar-refractivity contribution in [3.8, 4) is 17.2 Å². The van der Waals surface area contributed by atoms with Gasteiger partial charge in [-0.2, -0.15) is 0 Å². The van der Waals surface area contributed by atoms with Crippen molar-refractivity contribution < 1.29 is 28.6 Å². The number of methoxy groups -OCH3 is 1. The van der Waals surface area contributed by atoms with Gasteiger partial charge in [-0.15, -0.1) is 0 Å². The molecule has 4 rings (SSSR count). The maximum absolute atomic E-state index is 13.0. The zero-order valence-electron chi connectivity index (χ0n) is 21.4. The van der Waals surface area contributed by atoms with Gasteiger partial charge < -0.3 is 24.8 Å². The number of anilines is 1. The lowest BCUT2D eigenvalue weighted by Crippen LogP contribution is -2.38. The van der Waals surface area contributed by atoms with E-state index in [2.05, 4.69) is 26.6 Å². The number of benzene rings is 3. The fourth-order valence-corrected chi connectivity index (χ4v) is 4.69. The van der Waals surface area contributed by atoms with Crippen LogP contribution in [0.4, 0.5) is 10.5 Å². The molecule has 208 valence electrons. The third-order valence-electron chi connectivity index (χ3n) is 5.71. The minimum Gasteiger partial charge on any atom is -0.495 e. The van der Waals surface area contributed by atoms with Gasteiger partial charge in [0.1, 0.15) is 24.6 Å². The monoisotopic (exact) mass is 647 g/mol. The molecule has 1 saturated heterocycles. The molecule has 3 aromatic rings. The van der Waals surface area contributed by atoms with E-state index >= 15 is 0 Å². The minimum absolute atomic E-state index is 0.000135. The lowest BCUT2D eigenvalue weighted by atomic mass is 10.1. The van der Waals surface area contributed by atoms with Crippen LogP contribution >= 0.6 is 39.1 Å². The zero-order chi connectivity index (χ0) is 28.8. The van der Waals surface area contributed by atoms with Gasteiger partial charge in [0.15, 0.2) is 11.5 Å². The van der Waals surface area contributed by atoms with Crippen LogP contribution in [0.15, 0.2) is 64.8 Å². The van der Waals surface area contributed by atoms with E-state index in [0.29, 0.717) is 49.6 Å². The Kier molecular flexibility index (Phi) is 9.57. The molecular weight excluding hydrogens is 625 g/mol. The van der Waals surface area contributed by atoms with Gasteiger partial charge in [0.05, 0.1) is 19.4 Å². The van der Waals surface area contributed by atoms with E-state index in [1.54, 1.807) is 54.6 Å². The Hall–Kier alpha value is -3.73. The molecule has 0 unspecified atom stereocenters. The number of nitrogens with one attached hydrogen (secondary N) is 2. The number of nitrogens with zero attached hydrogens (tertiary/aromatic N) is 1. The van der Waals surface area contributed by atoms with Crippen LogP contribution in [0.3, 0.4) is 0 Å². The Morgan fingerprint density at radius 1 is 1.05 bits per heavy atom. The van der Waals surface area contributed by atoms with Gasteiger partial charge in [-0.3, -0.25) is 9.59 Å². The van der Waals surface area contributed by atoms with E-state index in [4.69, 9.17) is 37.4 Å². The molecule has 12 heteroatoms. The first-order valence-electron chi connectivity index (χ1n) is 12.0. The van der Waals surface area contributed by atoms with Crippen LogP contribution in [-0.2, 0) is 16.2 Å². The van der Waals surface area contributed by atoms with E-state index in [1.165, 1.54) is 13.2 Å². The summed E-state index contributed by atoms with van der Waals surface area (Å²) in [4.78, 5) is 39.0. The number of para-hydroxylation sites is 2. The second-order valence-electron chi connectivity index (χ2n) is 8.41. The summed E-state index contributed by atoms with van der Waals surface area (Å²) < 4.78 is 17.5. The molecule has 0 atom stereocenters. The highest BCUT2D eigenvalue weighted by Crippen LogP contribution is 2.36. The van der Waals surface area contributed by atoms with Gasteiger partial charge in [-0.05, 0) is 55.0 Å². The van der Waals surface area contributed by atoms with Gasteiger partial charge >= 0.3 is 6.03 Å². The largest absolute Gasteiger partial charge is 0.495 e. The van der Waals surface area contributed by atoms with Crippen molar-refractivity contribution in [2.75, 3.05) is 25.6 Å². The molecule has 1 aliphatic rings. The highest BCUT2D eigenvalue weighted by atomic mass is 79.9. The maximum Gasteiger partial charge on any atom is 0.329 e. The summed E-state index contributed by atoms with van der Waals surface area (Å²) in [6.07, 6.45) is 1.49. The standard InChI is InChI=1S/C28H24BrCl2N3O6/c1-3-39-24-11-17(19(29)13-25(24)40-15-16-8-9-18(30)12-20(16)31)10-22-27(36)34(28(37)33-22)14-26(35)32-21-6-4-5-7-23(21)38-2/h4-13H,3,14-15H2,1-2H3,(H,32,35)(H,33,37)/b22-10+. The summed E-state index contributed by atoms with van der Waals surface area (Å²) in [5, 5.41) is 6.17. The van der Waals surface area contributed by atoms with E-state index in [1.807, 2.05) is 6.92 Å². The zero-order valence-corrected chi connectivity index (χ0v) is 24.5. The van der Waals surface area contributed by atoms with Crippen LogP contribution in [0.25, 0.3) is 6.08 Å². The molecule has 0 radical (unpaired) electrons. The van der Waals surface area contributed by atoms with Crippen molar-refractivity contribution in [2.24, 2.45) is 0 Å². The number of halogens is 3. The SMILES string of the molecule is CCOc1cc(/C=C2/NC(=O)N(CC(=O)Nc3ccccc3OC)C2=O)c(Br)cc1OCc1ccc(Cl)cc1Cl. The van der Waals surface area contributed by atoms with Gasteiger partial charge in [0.2, 0.25) is 5.91 Å². The summed E-state index contributed by atoms with van der Waals surface area (Å²) in [5.74, 6) is 0.108. The lowest BCUT2D eigenvalue weighted by molar-refractivity contribution is -0.127. The maximum atomic E-state index is 13.0. The van der Waals surface area contributed by atoms with Crippen molar-refractivity contribution in [3.05, 3.63) is 85.9 Å². The number of carbonyl (C=O) groups excluding carboxylic acids is 3. The number of hydrogen-bond donors (Lipinski definition) is 2. The quantitative estimate of drug-likeness (QED) is 0.198. The Morgan fingerprint density at radius 2 is 1.80 bits per heavy atom. The van der Waals surface area contributed by atoms with Gasteiger partial charge in [0.25, 0.3) is 5.91 Å². The van der Waals surface area contributed by atoms with Gasteiger partial charge in [0, 0.05) is 20.1 Å². The Morgan fingerprint density at radius 3 is 2.52 bits per heavy atom. The van der Waals surface area contributed by atoms with Crippen molar-refractivity contribution in [2.45, 2.75) is 13.5 Å². The predicted octanol–water partition coefficient (Wildman–Crippen LogP) is 6.27. The Labute approximate surface area is 249 Å². The van der Waals surface area contributed by atoms with Crippen molar-refractivity contribution in [1.29, 1.82) is 0 Å². The van der Waals surface area contributed by atoms with Crippen LogP contribution in [0.2, 0.25) is 10.0 Å². The molecule has 1 heterocycles. The van der Waals surface area contributed by atoms with E-state index in [0.717, 1.165) is 10.5 Å². The summed E-state index contributed by atoms with van der Waals surface area (Å²) in [7, 11) is 1.47. The Balaban J connectivity index is 1.50. The van der Waals surface area contributed by atoms with Gasteiger partial charge in [-0.1, -0.05) is 57.3 Å². The van der Waals surface area contributed by atoms with Crippen LogP contribution in [0, 0.1) is 0 Å². The molecule has 1 fully saturated rings. The summed E-state index contributed by atoms with van der Waals surface area (Å²) >= 11 is 15.7. The van der Waals surface area contributed by atoms with Gasteiger partial charge in [-0.25, -0.2) is 9.69 Å². The molecule has 0 spiro atoms. The summed E-state index contributed by atoms with van der Waals surface area (Å²) in [6, 6.07) is 14.6. The highest BCUT2D eigenvalue weighted by molar-refractivity contribution is 9.10. The normalized spacial score (nSPS) is 13.8. The molecule has 4 amide bonds. The third-order valence-corrected chi connectivity index (χ3v) is 6.98. The molecule has 2 N–H and O–H groups in total. The van der Waals surface area contributed by atoms with E-state index < -0.39 is 24.4 Å². The molecule has 3 aromatic carbocycles. The van der Waals surface area contributed by atoms with Crippen LogP contribution in [0.1, 0.15) is 18.1 Å². The fraction of sp³-hybridized carbons (Fsp3) is 0.179. The topological polar surface area (TPSA) is 106 Å². The molecule has 40 heavy (non-hydrogen) atoms. The minimum atomic E-state index is -0.715. The van der Waals surface area contributed by atoms with E-state index in [-0.39, 0.29) is 12.3 Å². The third kappa shape index (κ3) is 6.88. The Bertz CT molecular complexity index is 1500. The average molecular weight is 649 g/mol. The van der Waals surface area contributed by atoms with Crippen molar-refractivity contribution >= 4 is 68.7 Å². The number of urea groups is 1. The number of hydrogen-bond acceptors (Lipinski definition) is 6. The molecule has 9 nitrogen and oxygen atoms in total. The van der Waals surface area contributed by atoms with Crippen molar-refractivity contribution in [1.82, 2.24) is 10.2 Å². The lowest BCUT2D eigenvalue weighted by Gasteiger charge is -2.15. The van der Waals surface area contributed by atoms with E-state index in [9.17, 15) is 14.4 Å². The second kappa shape index (κ2) is 13.1. The molecule has 0 aliphatic carbocycles. The number of amides is 4. The van der Waals surface area contributed by atoms with Crippen LogP contribution < -0.4 is 24.8 Å². The average Bonchev–Trinajstić information content (AvgIpc) is 3.18. The molecule has 0 saturated carbocycles. The fourth-order valence-electron chi connectivity index (χ4n) is 3.79. The number of imide groups is 1.